The number of anilines is 1. The van der Waals surface area contributed by atoms with Crippen molar-refractivity contribution in [2.24, 2.45) is 4.99 Å². The fourth-order valence-corrected chi connectivity index (χ4v) is 4.56. The molecule has 5 nitrogen and oxygen atoms in total. The maximum Gasteiger partial charge on any atom is 0.264 e. The lowest BCUT2D eigenvalue weighted by Crippen LogP contribution is -2.19. The van der Waals surface area contributed by atoms with E-state index in [1.807, 2.05) is 31.2 Å². The quantitative estimate of drug-likeness (QED) is 0.607. The molecule has 8 heteroatoms. The summed E-state index contributed by atoms with van der Waals surface area (Å²) in [4.78, 5) is 19.6. The number of aliphatic imine (C=N–C) groups is 1. The Hall–Kier alpha value is -1.70. The van der Waals surface area contributed by atoms with Crippen molar-refractivity contribution >= 4 is 68.0 Å². The first-order valence-corrected chi connectivity index (χ1v) is 10.6. The maximum absolute atomic E-state index is 12.3. The van der Waals surface area contributed by atoms with E-state index >= 15 is 0 Å². The van der Waals surface area contributed by atoms with Crippen molar-refractivity contribution in [3.63, 3.8) is 0 Å². The van der Waals surface area contributed by atoms with E-state index in [1.54, 1.807) is 6.08 Å². The molecule has 2 fully saturated rings. The molecule has 0 atom stereocenters. The average molecular weight is 467 g/mol. The summed E-state index contributed by atoms with van der Waals surface area (Å²) in [5, 5.41) is 3.97. The molecular formula is C19H17BrClN3O2S. The van der Waals surface area contributed by atoms with Crippen LogP contribution in [0.2, 0.25) is 5.02 Å². The summed E-state index contributed by atoms with van der Waals surface area (Å²) in [7, 11) is 0. The van der Waals surface area contributed by atoms with Gasteiger partial charge in [-0.05, 0) is 65.2 Å². The van der Waals surface area contributed by atoms with Gasteiger partial charge in [-0.1, -0.05) is 17.7 Å². The van der Waals surface area contributed by atoms with Crippen molar-refractivity contribution in [2.75, 3.05) is 18.0 Å². The van der Waals surface area contributed by atoms with Gasteiger partial charge in [0.15, 0.2) is 5.17 Å². The molecule has 2 saturated heterocycles. The van der Waals surface area contributed by atoms with Crippen molar-refractivity contribution in [2.45, 2.75) is 19.8 Å². The molecule has 27 heavy (non-hydrogen) atoms. The molecule has 2 aromatic rings. The number of carbonyl (C=O) groups excluding carboxylic acids is 1. The van der Waals surface area contributed by atoms with Crippen LogP contribution in [-0.4, -0.2) is 24.2 Å². The molecule has 1 amide bonds. The highest BCUT2D eigenvalue weighted by atomic mass is 79.9. The van der Waals surface area contributed by atoms with Crippen molar-refractivity contribution in [1.82, 2.24) is 5.32 Å². The Kier molecular flexibility index (Phi) is 5.34. The van der Waals surface area contributed by atoms with Gasteiger partial charge in [0, 0.05) is 30.3 Å². The number of carbonyl (C=O) groups is 1. The van der Waals surface area contributed by atoms with Crippen LogP contribution in [0.25, 0.3) is 6.08 Å². The molecule has 4 rings (SSSR count). The molecule has 0 unspecified atom stereocenters. The molecule has 0 radical (unpaired) electrons. The van der Waals surface area contributed by atoms with E-state index in [4.69, 9.17) is 16.0 Å². The monoisotopic (exact) mass is 465 g/mol. The second kappa shape index (κ2) is 7.73. The number of amides is 1. The molecule has 2 aliphatic rings. The van der Waals surface area contributed by atoms with Gasteiger partial charge >= 0.3 is 0 Å². The third kappa shape index (κ3) is 3.95. The zero-order valence-electron chi connectivity index (χ0n) is 14.6. The van der Waals surface area contributed by atoms with Crippen LogP contribution in [0.5, 0.6) is 0 Å². The van der Waals surface area contributed by atoms with E-state index in [1.165, 1.54) is 24.6 Å². The topological polar surface area (TPSA) is 57.8 Å². The first-order chi connectivity index (χ1) is 13.0. The number of amidine groups is 1. The van der Waals surface area contributed by atoms with Crippen LogP contribution in [0.15, 0.2) is 43.1 Å². The number of nitrogens with zero attached hydrogens (tertiary/aromatic N) is 2. The number of benzene rings is 1. The largest absolute Gasteiger partial charge is 0.440 e. The summed E-state index contributed by atoms with van der Waals surface area (Å²) < 4.78 is 6.85. The van der Waals surface area contributed by atoms with Crippen LogP contribution < -0.4 is 10.2 Å². The predicted octanol–water partition coefficient (Wildman–Crippen LogP) is 5.50. The van der Waals surface area contributed by atoms with Gasteiger partial charge in [0.05, 0.1) is 15.1 Å². The number of rotatable bonds is 3. The fraction of sp³-hybridized carbons (Fsp3) is 0.263. The van der Waals surface area contributed by atoms with Crippen LogP contribution in [0.1, 0.15) is 24.2 Å². The number of thioether (sulfide) groups is 1. The summed E-state index contributed by atoms with van der Waals surface area (Å²) in [5.41, 5.74) is 1.62. The first-order valence-electron chi connectivity index (χ1n) is 8.60. The van der Waals surface area contributed by atoms with Gasteiger partial charge in [-0.3, -0.25) is 4.79 Å². The Bertz CT molecular complexity index is 964. The van der Waals surface area contributed by atoms with Crippen LogP contribution in [0, 0.1) is 6.92 Å². The van der Waals surface area contributed by atoms with Crippen LogP contribution >= 0.6 is 39.3 Å². The Balaban J connectivity index is 1.56. The third-order valence-corrected chi connectivity index (χ3v) is 6.35. The van der Waals surface area contributed by atoms with E-state index in [2.05, 4.69) is 31.1 Å². The van der Waals surface area contributed by atoms with Crippen molar-refractivity contribution in [3.05, 3.63) is 50.0 Å². The molecule has 3 heterocycles. The number of hydrogen-bond donors (Lipinski definition) is 1. The third-order valence-electron chi connectivity index (χ3n) is 4.47. The standard InChI is InChI=1S/C19H17BrClN3O2S/c1-11-14(21)5-4-6-15(11)22-19-23-17(25)16(27-19)10-12-9-13(20)18(26-12)24-7-2-3-8-24/h4-6,9-10H,2-3,7-8H2,1H3,(H,22,23,25)/b16-10-. The number of furan rings is 1. The molecular weight excluding hydrogens is 450 g/mol. The van der Waals surface area contributed by atoms with E-state index in [0.717, 1.165) is 34.7 Å². The van der Waals surface area contributed by atoms with Crippen molar-refractivity contribution < 1.29 is 9.21 Å². The molecule has 0 aliphatic carbocycles. The molecule has 140 valence electrons. The number of hydrogen-bond acceptors (Lipinski definition) is 5. The molecule has 2 aliphatic heterocycles. The molecule has 1 N–H and O–H groups in total. The highest BCUT2D eigenvalue weighted by Gasteiger charge is 2.26. The van der Waals surface area contributed by atoms with E-state index in [0.29, 0.717) is 20.9 Å². The second-order valence-electron chi connectivity index (χ2n) is 6.36. The smallest absolute Gasteiger partial charge is 0.264 e. The highest BCUT2D eigenvalue weighted by molar-refractivity contribution is 9.10. The molecule has 1 aromatic carbocycles. The minimum Gasteiger partial charge on any atom is -0.440 e. The lowest BCUT2D eigenvalue weighted by Gasteiger charge is -2.13. The van der Waals surface area contributed by atoms with Gasteiger partial charge in [-0.15, -0.1) is 0 Å². The Labute approximate surface area is 175 Å². The Morgan fingerprint density at radius 2 is 2.15 bits per heavy atom. The van der Waals surface area contributed by atoms with Gasteiger partial charge in [0.2, 0.25) is 5.88 Å². The Morgan fingerprint density at radius 1 is 1.37 bits per heavy atom. The van der Waals surface area contributed by atoms with Crippen LogP contribution in [0.3, 0.4) is 0 Å². The summed E-state index contributed by atoms with van der Waals surface area (Å²) >= 11 is 11.0. The van der Waals surface area contributed by atoms with Gasteiger partial charge in [0.1, 0.15) is 5.76 Å². The van der Waals surface area contributed by atoms with Crippen molar-refractivity contribution in [3.8, 4) is 0 Å². The summed E-state index contributed by atoms with van der Waals surface area (Å²) in [6.45, 7) is 3.89. The highest BCUT2D eigenvalue weighted by Crippen LogP contribution is 2.35. The SMILES string of the molecule is Cc1c(Cl)cccc1N=C1NC(=O)/C(=C/c2cc(Br)c(N3CCCC3)o2)S1. The minimum atomic E-state index is -0.186. The number of nitrogens with one attached hydrogen (secondary N) is 1. The predicted molar refractivity (Wildman–Crippen MR) is 115 cm³/mol. The van der Waals surface area contributed by atoms with Gasteiger partial charge in [-0.2, -0.15) is 0 Å². The maximum atomic E-state index is 12.3. The zero-order valence-corrected chi connectivity index (χ0v) is 17.7. The van der Waals surface area contributed by atoms with E-state index < -0.39 is 0 Å². The molecule has 0 saturated carbocycles. The van der Waals surface area contributed by atoms with E-state index in [9.17, 15) is 4.79 Å². The molecule has 1 aromatic heterocycles. The lowest BCUT2D eigenvalue weighted by atomic mass is 10.2. The molecule has 0 spiro atoms. The van der Waals surface area contributed by atoms with Gasteiger partial charge in [0.25, 0.3) is 5.91 Å². The lowest BCUT2D eigenvalue weighted by molar-refractivity contribution is -0.115. The van der Waals surface area contributed by atoms with Gasteiger partial charge < -0.3 is 14.6 Å². The summed E-state index contributed by atoms with van der Waals surface area (Å²) in [6, 6.07) is 7.42. The zero-order chi connectivity index (χ0) is 19.0. The van der Waals surface area contributed by atoms with Gasteiger partial charge in [-0.25, -0.2) is 4.99 Å². The van der Waals surface area contributed by atoms with E-state index in [-0.39, 0.29) is 5.91 Å². The summed E-state index contributed by atoms with van der Waals surface area (Å²) in [5.74, 6) is 1.28. The average Bonchev–Trinajstić information content (AvgIpc) is 3.34. The fourth-order valence-electron chi connectivity index (χ4n) is 3.02. The Morgan fingerprint density at radius 3 is 2.93 bits per heavy atom. The van der Waals surface area contributed by atoms with Crippen LogP contribution in [-0.2, 0) is 4.79 Å². The molecule has 0 bridgehead atoms. The number of halogens is 2. The first kappa shape index (κ1) is 18.7. The second-order valence-corrected chi connectivity index (χ2v) is 8.65. The normalized spacial score (nSPS) is 20.1. The minimum absolute atomic E-state index is 0.186. The van der Waals surface area contributed by atoms with Crippen molar-refractivity contribution in [1.29, 1.82) is 0 Å². The van der Waals surface area contributed by atoms with Crippen LogP contribution in [0.4, 0.5) is 11.6 Å². The summed E-state index contributed by atoms with van der Waals surface area (Å²) in [6.07, 6.45) is 4.09.